The van der Waals surface area contributed by atoms with E-state index < -0.39 is 11.2 Å². The first kappa shape index (κ1) is 29.7. The van der Waals surface area contributed by atoms with Crippen LogP contribution in [0.1, 0.15) is 37.7 Å². The van der Waals surface area contributed by atoms with E-state index in [0.29, 0.717) is 30.6 Å². The third-order valence-electron chi connectivity index (χ3n) is 6.90. The molecule has 41 heavy (non-hydrogen) atoms. The number of anilines is 3. The van der Waals surface area contributed by atoms with Crippen molar-refractivity contribution in [3.63, 3.8) is 0 Å². The average molecular weight is 575 g/mol. The van der Waals surface area contributed by atoms with Gasteiger partial charge in [0.1, 0.15) is 5.25 Å². The number of amides is 4. The topological polar surface area (TPSA) is 137 Å². The first-order chi connectivity index (χ1) is 19.8. The van der Waals surface area contributed by atoms with E-state index in [4.69, 9.17) is 0 Å². The second-order valence-electron chi connectivity index (χ2n) is 10.0. The normalized spacial score (nSPS) is 16.8. The molecule has 0 saturated heterocycles. The lowest BCUT2D eigenvalue weighted by Gasteiger charge is -2.15. The van der Waals surface area contributed by atoms with Crippen molar-refractivity contribution in [1.82, 2.24) is 5.32 Å². The molecule has 4 rings (SSSR count). The Morgan fingerprint density at radius 3 is 2.20 bits per heavy atom. The summed E-state index contributed by atoms with van der Waals surface area (Å²) in [4.78, 5) is 50.2. The third kappa shape index (κ3) is 9.11. The number of nitrogens with one attached hydrogen (secondary N) is 4. The van der Waals surface area contributed by atoms with Gasteiger partial charge in [-0.25, -0.2) is 4.79 Å². The molecule has 0 radical (unpaired) electrons. The van der Waals surface area contributed by atoms with Crippen molar-refractivity contribution in [3.05, 3.63) is 84.4 Å². The fourth-order valence-corrected chi connectivity index (χ4v) is 5.67. The van der Waals surface area contributed by atoms with Gasteiger partial charge in [-0.15, -0.1) is 11.8 Å². The number of aliphatic carboxylic acids is 1. The molecule has 5 N–H and O–H groups in total. The minimum Gasteiger partial charge on any atom is -0.480 e. The summed E-state index contributed by atoms with van der Waals surface area (Å²) in [6, 6.07) is 23.2. The van der Waals surface area contributed by atoms with E-state index in [1.54, 1.807) is 24.3 Å². The van der Waals surface area contributed by atoms with E-state index in [1.165, 1.54) is 11.8 Å². The minimum absolute atomic E-state index is 0.105. The Bertz CT molecular complexity index is 1370. The molecule has 1 unspecified atom stereocenters. The van der Waals surface area contributed by atoms with E-state index in [1.807, 2.05) is 61.5 Å². The highest BCUT2D eigenvalue weighted by Crippen LogP contribution is 2.29. The molecule has 1 saturated carbocycles. The van der Waals surface area contributed by atoms with Gasteiger partial charge in [0.15, 0.2) is 0 Å². The second kappa shape index (κ2) is 14.4. The highest BCUT2D eigenvalue weighted by atomic mass is 32.2. The quantitative estimate of drug-likeness (QED) is 0.181. The van der Waals surface area contributed by atoms with E-state index in [9.17, 15) is 24.3 Å². The number of hydrogen-bond acceptors (Lipinski definition) is 5. The maximum atomic E-state index is 12.8. The van der Waals surface area contributed by atoms with Crippen LogP contribution in [0.2, 0.25) is 0 Å². The van der Waals surface area contributed by atoms with Crippen molar-refractivity contribution in [3.8, 4) is 0 Å². The number of benzene rings is 3. The molecule has 0 aliphatic heterocycles. The van der Waals surface area contributed by atoms with Gasteiger partial charge >= 0.3 is 12.0 Å². The smallest absolute Gasteiger partial charge is 0.323 e. The largest absolute Gasteiger partial charge is 0.480 e. The number of rotatable bonds is 11. The van der Waals surface area contributed by atoms with E-state index in [0.717, 1.165) is 16.1 Å². The lowest BCUT2D eigenvalue weighted by molar-refractivity contribution is -0.136. The zero-order chi connectivity index (χ0) is 29.2. The van der Waals surface area contributed by atoms with E-state index >= 15 is 0 Å². The van der Waals surface area contributed by atoms with Crippen LogP contribution in [0.4, 0.5) is 21.9 Å². The van der Waals surface area contributed by atoms with Gasteiger partial charge < -0.3 is 26.4 Å². The number of carbonyl (C=O) groups is 4. The van der Waals surface area contributed by atoms with Gasteiger partial charge in [0.2, 0.25) is 11.8 Å². The van der Waals surface area contributed by atoms with Gasteiger partial charge in [-0.05, 0) is 80.6 Å². The summed E-state index contributed by atoms with van der Waals surface area (Å²) in [7, 11) is 0. The van der Waals surface area contributed by atoms with Crippen molar-refractivity contribution >= 4 is 52.6 Å². The fraction of sp³-hybridized carbons (Fsp3) is 0.290. The number of carbonyl (C=O) groups excluding carboxylic acids is 3. The summed E-state index contributed by atoms with van der Waals surface area (Å²) < 4.78 is 0. The third-order valence-corrected chi connectivity index (χ3v) is 8.17. The zero-order valence-electron chi connectivity index (χ0n) is 22.8. The van der Waals surface area contributed by atoms with Gasteiger partial charge in [-0.2, -0.15) is 0 Å². The number of carboxylic acid groups (broad SMARTS) is 1. The van der Waals surface area contributed by atoms with Crippen LogP contribution >= 0.6 is 11.8 Å². The number of urea groups is 1. The Morgan fingerprint density at radius 2 is 1.51 bits per heavy atom. The zero-order valence-corrected chi connectivity index (χ0v) is 23.6. The molecular formula is C31H34N4O5S. The Hall–Kier alpha value is -4.31. The SMILES string of the molecule is Cc1ccccc1NC(=O)Nc1ccc(NC(=O)[C@@H]2CC[C@H](NC(=O)CCC(Sc3ccccc3)C(=O)O)C2)cc1. The molecular weight excluding hydrogens is 540 g/mol. The molecule has 0 heterocycles. The molecule has 9 nitrogen and oxygen atoms in total. The number of thioether (sulfide) groups is 1. The van der Waals surface area contributed by atoms with Crippen LogP contribution in [-0.4, -0.2) is 40.2 Å². The molecule has 1 aliphatic rings. The highest BCUT2D eigenvalue weighted by Gasteiger charge is 2.31. The number of aryl methyl sites for hydroxylation is 1. The molecule has 3 atom stereocenters. The summed E-state index contributed by atoms with van der Waals surface area (Å²) in [6.07, 6.45) is 2.18. The van der Waals surface area contributed by atoms with Crippen molar-refractivity contribution in [1.29, 1.82) is 0 Å². The summed E-state index contributed by atoms with van der Waals surface area (Å²) in [5.41, 5.74) is 2.89. The van der Waals surface area contributed by atoms with Crippen LogP contribution < -0.4 is 21.3 Å². The van der Waals surface area contributed by atoms with Crippen molar-refractivity contribution in [2.45, 2.75) is 55.2 Å². The first-order valence-corrected chi connectivity index (χ1v) is 14.4. The molecule has 214 valence electrons. The molecule has 1 fully saturated rings. The first-order valence-electron chi connectivity index (χ1n) is 13.6. The molecule has 3 aromatic carbocycles. The summed E-state index contributed by atoms with van der Waals surface area (Å²) in [6.45, 7) is 1.91. The fourth-order valence-electron chi connectivity index (χ4n) is 4.69. The maximum absolute atomic E-state index is 12.8. The van der Waals surface area contributed by atoms with Crippen LogP contribution in [0.15, 0.2) is 83.8 Å². The lowest BCUT2D eigenvalue weighted by Crippen LogP contribution is -2.34. The Morgan fingerprint density at radius 1 is 0.854 bits per heavy atom. The molecule has 10 heteroatoms. The molecule has 3 aromatic rings. The van der Waals surface area contributed by atoms with Crippen LogP contribution in [0.5, 0.6) is 0 Å². The van der Waals surface area contributed by atoms with E-state index in [2.05, 4.69) is 21.3 Å². The van der Waals surface area contributed by atoms with Gasteiger partial charge in [0.05, 0.1) is 0 Å². The van der Waals surface area contributed by atoms with Gasteiger partial charge in [-0.3, -0.25) is 14.4 Å². The predicted octanol–water partition coefficient (Wildman–Crippen LogP) is 5.89. The molecule has 1 aliphatic carbocycles. The predicted molar refractivity (Wildman–Crippen MR) is 161 cm³/mol. The van der Waals surface area contributed by atoms with Gasteiger partial charge in [0, 0.05) is 40.3 Å². The number of carboxylic acids is 1. The van der Waals surface area contributed by atoms with Crippen LogP contribution in [0, 0.1) is 12.8 Å². The Labute approximate surface area is 243 Å². The van der Waals surface area contributed by atoms with Crippen molar-refractivity contribution in [2.24, 2.45) is 5.92 Å². The Balaban J connectivity index is 1.18. The lowest BCUT2D eigenvalue weighted by atomic mass is 10.1. The number of para-hydroxylation sites is 1. The molecule has 0 aromatic heterocycles. The van der Waals surface area contributed by atoms with Gasteiger partial charge in [-0.1, -0.05) is 36.4 Å². The van der Waals surface area contributed by atoms with Crippen molar-refractivity contribution < 1.29 is 24.3 Å². The maximum Gasteiger partial charge on any atom is 0.323 e. The Kier molecular flexibility index (Phi) is 10.4. The number of hydrogen-bond donors (Lipinski definition) is 5. The second-order valence-corrected chi connectivity index (χ2v) is 11.3. The minimum atomic E-state index is -0.946. The average Bonchev–Trinajstić information content (AvgIpc) is 3.42. The standard InChI is InChI=1S/C31H34N4O5S/c1-20-7-5-6-10-26(20)35-31(40)34-23-15-13-22(14-16-23)33-29(37)21-11-12-24(19-21)32-28(36)18-17-27(30(38)39)41-25-8-3-2-4-9-25/h2-10,13-16,21,24,27H,11-12,17-19H2,1H3,(H,32,36)(H,33,37)(H,38,39)(H2,34,35,40)/t21-,24+,27?/m1/s1. The summed E-state index contributed by atoms with van der Waals surface area (Å²) >= 11 is 1.23. The van der Waals surface area contributed by atoms with Crippen LogP contribution in [0.25, 0.3) is 0 Å². The molecule has 0 spiro atoms. The molecule has 0 bridgehead atoms. The van der Waals surface area contributed by atoms with E-state index in [-0.39, 0.29) is 42.6 Å². The summed E-state index contributed by atoms with van der Waals surface area (Å²) in [5, 5.41) is 20.3. The van der Waals surface area contributed by atoms with Crippen LogP contribution in [-0.2, 0) is 14.4 Å². The van der Waals surface area contributed by atoms with Crippen molar-refractivity contribution in [2.75, 3.05) is 16.0 Å². The summed E-state index contributed by atoms with van der Waals surface area (Å²) in [5.74, 6) is -1.51. The van der Waals surface area contributed by atoms with Crippen LogP contribution in [0.3, 0.4) is 0 Å². The monoisotopic (exact) mass is 574 g/mol. The highest BCUT2D eigenvalue weighted by molar-refractivity contribution is 8.00. The van der Waals surface area contributed by atoms with Gasteiger partial charge in [0.25, 0.3) is 0 Å². The molecule has 4 amide bonds.